The van der Waals surface area contributed by atoms with Crippen molar-refractivity contribution in [2.45, 2.75) is 52.6 Å². The van der Waals surface area contributed by atoms with E-state index in [0.29, 0.717) is 11.5 Å². The van der Waals surface area contributed by atoms with Crippen LogP contribution in [0.5, 0.6) is 0 Å². The summed E-state index contributed by atoms with van der Waals surface area (Å²) in [6.07, 6.45) is 6.89. The number of benzene rings is 1. The molecule has 0 bridgehead atoms. The molecule has 0 aliphatic heterocycles. The van der Waals surface area contributed by atoms with Crippen molar-refractivity contribution < 1.29 is 4.84 Å². The lowest BCUT2D eigenvalue weighted by Crippen LogP contribution is -2.28. The Hall–Kier alpha value is -1.31. The number of hydrogen-bond donors (Lipinski definition) is 0. The van der Waals surface area contributed by atoms with Crippen LogP contribution in [0.3, 0.4) is 0 Å². The minimum Gasteiger partial charge on any atom is -0.393 e. The Morgan fingerprint density at radius 2 is 1.68 bits per heavy atom. The molecular weight excluding hydrogens is 234 g/mol. The first kappa shape index (κ1) is 14.1. The molecule has 1 fully saturated rings. The fourth-order valence-corrected chi connectivity index (χ4v) is 2.75. The van der Waals surface area contributed by atoms with E-state index in [0.717, 1.165) is 24.3 Å². The first-order valence-electron chi connectivity index (χ1n) is 7.30. The minimum absolute atomic E-state index is 0.304. The molecule has 1 aliphatic carbocycles. The molecule has 0 unspecified atom stereocenters. The average Bonchev–Trinajstić information content (AvgIpc) is 2.39. The second kappa shape index (κ2) is 6.23. The zero-order chi connectivity index (χ0) is 13.7. The van der Waals surface area contributed by atoms with Gasteiger partial charge in [-0.05, 0) is 42.6 Å². The van der Waals surface area contributed by atoms with E-state index in [1.165, 1.54) is 12.8 Å². The highest BCUT2D eigenvalue weighted by Crippen LogP contribution is 2.38. The van der Waals surface area contributed by atoms with Gasteiger partial charge in [0.05, 0.1) is 6.21 Å². The smallest absolute Gasteiger partial charge is 0.127 e. The molecule has 2 heteroatoms. The van der Waals surface area contributed by atoms with Crippen LogP contribution < -0.4 is 0 Å². The van der Waals surface area contributed by atoms with Gasteiger partial charge in [0.15, 0.2) is 0 Å². The first-order chi connectivity index (χ1) is 9.05. The summed E-state index contributed by atoms with van der Waals surface area (Å²) in [6.45, 7) is 7.02. The van der Waals surface area contributed by atoms with Gasteiger partial charge in [0.2, 0.25) is 0 Å². The summed E-state index contributed by atoms with van der Waals surface area (Å²) in [5.74, 6) is 0.824. The fourth-order valence-electron chi connectivity index (χ4n) is 2.75. The summed E-state index contributed by atoms with van der Waals surface area (Å²) in [4.78, 5) is 5.62. The molecule has 1 saturated carbocycles. The van der Waals surface area contributed by atoms with Crippen LogP contribution in [0.4, 0.5) is 0 Å². The molecule has 0 saturated heterocycles. The molecule has 19 heavy (non-hydrogen) atoms. The maximum Gasteiger partial charge on any atom is 0.127 e. The van der Waals surface area contributed by atoms with Crippen LogP contribution in [0.1, 0.15) is 52.0 Å². The average molecular weight is 259 g/mol. The van der Waals surface area contributed by atoms with E-state index >= 15 is 0 Å². The van der Waals surface area contributed by atoms with Gasteiger partial charge in [-0.15, -0.1) is 0 Å². The van der Waals surface area contributed by atoms with E-state index in [4.69, 9.17) is 4.84 Å². The van der Waals surface area contributed by atoms with Crippen LogP contribution in [-0.4, -0.2) is 12.3 Å². The number of rotatable bonds is 3. The van der Waals surface area contributed by atoms with Crippen LogP contribution in [0.2, 0.25) is 0 Å². The second-order valence-electron chi connectivity index (χ2n) is 6.59. The molecule has 0 N–H and O–H groups in total. The van der Waals surface area contributed by atoms with Crippen molar-refractivity contribution in [1.82, 2.24) is 0 Å². The van der Waals surface area contributed by atoms with Gasteiger partial charge in [-0.25, -0.2) is 0 Å². The molecule has 2 nitrogen and oxygen atoms in total. The van der Waals surface area contributed by atoms with E-state index in [2.05, 4.69) is 25.9 Å². The summed E-state index contributed by atoms with van der Waals surface area (Å²) < 4.78 is 0. The van der Waals surface area contributed by atoms with E-state index in [1.807, 2.05) is 30.3 Å². The van der Waals surface area contributed by atoms with Crippen molar-refractivity contribution in [1.29, 1.82) is 0 Å². The maximum absolute atomic E-state index is 5.62. The monoisotopic (exact) mass is 259 g/mol. The standard InChI is InChI=1S/C17H25NO/c1-17(2,3)15-9-11-16(12-10-15)19-18-13-14-7-5-4-6-8-14/h4-8,13,15-16H,9-12H2,1-3H3/b18-13+. The number of nitrogens with zero attached hydrogens (tertiary/aromatic N) is 1. The summed E-state index contributed by atoms with van der Waals surface area (Å²) in [5, 5.41) is 4.13. The van der Waals surface area contributed by atoms with E-state index in [1.54, 1.807) is 6.21 Å². The molecule has 0 heterocycles. The molecule has 1 aromatic rings. The number of oxime groups is 1. The second-order valence-corrected chi connectivity index (χ2v) is 6.59. The van der Waals surface area contributed by atoms with Crippen LogP contribution in [0.25, 0.3) is 0 Å². The van der Waals surface area contributed by atoms with Crippen molar-refractivity contribution in [3.05, 3.63) is 35.9 Å². The number of hydrogen-bond acceptors (Lipinski definition) is 2. The Morgan fingerprint density at radius 1 is 1.05 bits per heavy atom. The summed E-state index contributed by atoms with van der Waals surface area (Å²) >= 11 is 0. The van der Waals surface area contributed by atoms with Crippen LogP contribution in [-0.2, 0) is 4.84 Å². The molecule has 1 aliphatic rings. The molecule has 2 rings (SSSR count). The Kier molecular flexibility index (Phi) is 4.62. The Morgan fingerprint density at radius 3 is 2.26 bits per heavy atom. The zero-order valence-corrected chi connectivity index (χ0v) is 12.3. The lowest BCUT2D eigenvalue weighted by atomic mass is 9.72. The molecular formula is C17H25NO. The van der Waals surface area contributed by atoms with Gasteiger partial charge in [-0.1, -0.05) is 56.3 Å². The van der Waals surface area contributed by atoms with Gasteiger partial charge >= 0.3 is 0 Å². The SMILES string of the molecule is CC(C)(C)C1CCC(O/N=C/c2ccccc2)CC1. The maximum atomic E-state index is 5.62. The van der Waals surface area contributed by atoms with E-state index in [9.17, 15) is 0 Å². The van der Waals surface area contributed by atoms with Crippen molar-refractivity contribution in [3.8, 4) is 0 Å². The third-order valence-electron chi connectivity index (χ3n) is 4.11. The lowest BCUT2D eigenvalue weighted by molar-refractivity contribution is 0.00768. The predicted octanol–water partition coefficient (Wildman–Crippen LogP) is 4.64. The van der Waals surface area contributed by atoms with Gasteiger partial charge in [0.25, 0.3) is 0 Å². The topological polar surface area (TPSA) is 21.6 Å². The third kappa shape index (κ3) is 4.38. The third-order valence-corrected chi connectivity index (χ3v) is 4.11. The summed E-state index contributed by atoms with van der Waals surface area (Å²) in [7, 11) is 0. The van der Waals surface area contributed by atoms with E-state index in [-0.39, 0.29) is 0 Å². The summed E-state index contributed by atoms with van der Waals surface area (Å²) in [5.41, 5.74) is 1.52. The molecule has 0 spiro atoms. The van der Waals surface area contributed by atoms with Crippen molar-refractivity contribution in [3.63, 3.8) is 0 Å². The zero-order valence-electron chi connectivity index (χ0n) is 12.3. The minimum atomic E-state index is 0.304. The van der Waals surface area contributed by atoms with E-state index < -0.39 is 0 Å². The molecule has 0 atom stereocenters. The van der Waals surface area contributed by atoms with Crippen molar-refractivity contribution in [2.75, 3.05) is 0 Å². The van der Waals surface area contributed by atoms with Crippen LogP contribution >= 0.6 is 0 Å². The van der Waals surface area contributed by atoms with Gasteiger partial charge in [0.1, 0.15) is 6.10 Å². The van der Waals surface area contributed by atoms with Gasteiger partial charge in [0, 0.05) is 0 Å². The highest BCUT2D eigenvalue weighted by molar-refractivity contribution is 5.78. The van der Waals surface area contributed by atoms with Crippen LogP contribution in [0, 0.1) is 11.3 Å². The molecule has 0 amide bonds. The van der Waals surface area contributed by atoms with Gasteiger partial charge < -0.3 is 4.84 Å². The predicted molar refractivity (Wildman–Crippen MR) is 80.3 cm³/mol. The lowest BCUT2D eigenvalue weighted by Gasteiger charge is -2.36. The van der Waals surface area contributed by atoms with Crippen molar-refractivity contribution in [2.24, 2.45) is 16.5 Å². The molecule has 0 radical (unpaired) electrons. The Balaban J connectivity index is 1.76. The highest BCUT2D eigenvalue weighted by atomic mass is 16.6. The quantitative estimate of drug-likeness (QED) is 0.572. The summed E-state index contributed by atoms with van der Waals surface area (Å²) in [6, 6.07) is 10.1. The fraction of sp³-hybridized carbons (Fsp3) is 0.588. The molecule has 104 valence electrons. The highest BCUT2D eigenvalue weighted by Gasteiger charge is 2.30. The van der Waals surface area contributed by atoms with Gasteiger partial charge in [-0.2, -0.15) is 0 Å². The molecule has 0 aromatic heterocycles. The van der Waals surface area contributed by atoms with Gasteiger partial charge in [-0.3, -0.25) is 0 Å². The Labute approximate surface area is 116 Å². The van der Waals surface area contributed by atoms with Crippen molar-refractivity contribution >= 4 is 6.21 Å². The Bertz CT molecular complexity index is 397. The van der Waals surface area contributed by atoms with Crippen LogP contribution in [0.15, 0.2) is 35.5 Å². The largest absolute Gasteiger partial charge is 0.393 e. The molecule has 1 aromatic carbocycles. The normalized spacial score (nSPS) is 24.6. The first-order valence-corrected chi connectivity index (χ1v) is 7.30.